The van der Waals surface area contributed by atoms with Gasteiger partial charge in [-0.15, -0.1) is 0 Å². The van der Waals surface area contributed by atoms with Gasteiger partial charge in [0.15, 0.2) is 0 Å². The van der Waals surface area contributed by atoms with Crippen molar-refractivity contribution in [1.82, 2.24) is 5.43 Å². The van der Waals surface area contributed by atoms with Gasteiger partial charge in [-0.2, -0.15) is 5.10 Å². The van der Waals surface area contributed by atoms with Crippen molar-refractivity contribution in [3.8, 4) is 5.75 Å². The molecule has 2 aromatic rings. The van der Waals surface area contributed by atoms with Crippen molar-refractivity contribution in [1.29, 1.82) is 0 Å². The first kappa shape index (κ1) is 15.1. The average molecular weight is 303 g/mol. The normalized spacial score (nSPS) is 10.6. The van der Waals surface area contributed by atoms with Crippen LogP contribution in [0.5, 0.6) is 5.75 Å². The number of hydrazone groups is 1. The Morgan fingerprint density at radius 2 is 1.95 bits per heavy atom. The molecule has 1 N–H and O–H groups in total. The van der Waals surface area contributed by atoms with Crippen LogP contribution in [0.4, 0.5) is 0 Å². The van der Waals surface area contributed by atoms with Crippen LogP contribution in [-0.4, -0.2) is 19.2 Å². The van der Waals surface area contributed by atoms with Crippen LogP contribution >= 0.6 is 11.6 Å². The maximum absolute atomic E-state index is 11.8. The standard InChI is InChI=1S/C16H15ClN2O2/c1-21-15-5-3-2-4-13(15)11-18-19-16(20)10-12-6-8-14(17)9-7-12/h2-9,11H,10H2,1H3,(H,19,20)/b18-11-. The van der Waals surface area contributed by atoms with Gasteiger partial charge in [-0.25, -0.2) is 5.43 Å². The Kier molecular flexibility index (Phi) is 5.35. The van der Waals surface area contributed by atoms with E-state index in [1.807, 2.05) is 36.4 Å². The number of ether oxygens (including phenoxy) is 1. The van der Waals surface area contributed by atoms with Gasteiger partial charge in [-0.1, -0.05) is 35.9 Å². The van der Waals surface area contributed by atoms with Gasteiger partial charge in [-0.05, 0) is 29.8 Å². The number of amides is 1. The number of halogens is 1. The molecule has 0 fully saturated rings. The maximum atomic E-state index is 11.8. The van der Waals surface area contributed by atoms with Crippen LogP contribution in [0.2, 0.25) is 5.02 Å². The van der Waals surface area contributed by atoms with E-state index in [2.05, 4.69) is 10.5 Å². The highest BCUT2D eigenvalue weighted by Crippen LogP contribution is 2.14. The second-order valence-electron chi connectivity index (χ2n) is 4.34. The Bertz CT molecular complexity index is 639. The molecular weight excluding hydrogens is 288 g/mol. The number of hydrogen-bond donors (Lipinski definition) is 1. The number of methoxy groups -OCH3 is 1. The molecule has 0 saturated carbocycles. The highest BCUT2D eigenvalue weighted by Gasteiger charge is 2.02. The first-order valence-electron chi connectivity index (χ1n) is 6.38. The van der Waals surface area contributed by atoms with Gasteiger partial charge in [0.2, 0.25) is 5.91 Å². The van der Waals surface area contributed by atoms with Crippen molar-refractivity contribution in [2.75, 3.05) is 7.11 Å². The minimum absolute atomic E-state index is 0.191. The summed E-state index contributed by atoms with van der Waals surface area (Å²) in [6, 6.07) is 14.6. The Morgan fingerprint density at radius 3 is 2.67 bits per heavy atom. The summed E-state index contributed by atoms with van der Waals surface area (Å²) in [7, 11) is 1.59. The smallest absolute Gasteiger partial charge is 0.244 e. The van der Waals surface area contributed by atoms with Crippen LogP contribution in [0.1, 0.15) is 11.1 Å². The zero-order valence-electron chi connectivity index (χ0n) is 11.5. The van der Waals surface area contributed by atoms with Crippen molar-refractivity contribution in [3.05, 3.63) is 64.7 Å². The molecule has 5 heteroatoms. The molecule has 4 nitrogen and oxygen atoms in total. The SMILES string of the molecule is COc1ccccc1/C=N\NC(=O)Cc1ccc(Cl)cc1. The number of carbonyl (C=O) groups excluding carboxylic acids is 1. The van der Waals surface area contributed by atoms with Gasteiger partial charge in [0.1, 0.15) is 5.75 Å². The molecule has 0 heterocycles. The number of para-hydroxylation sites is 1. The maximum Gasteiger partial charge on any atom is 0.244 e. The molecule has 0 saturated heterocycles. The quantitative estimate of drug-likeness (QED) is 0.682. The third kappa shape index (κ3) is 4.61. The van der Waals surface area contributed by atoms with Gasteiger partial charge in [0.25, 0.3) is 0 Å². The summed E-state index contributed by atoms with van der Waals surface area (Å²) in [5, 5.41) is 4.58. The minimum atomic E-state index is -0.191. The van der Waals surface area contributed by atoms with Gasteiger partial charge in [0.05, 0.1) is 19.7 Å². The van der Waals surface area contributed by atoms with Crippen LogP contribution < -0.4 is 10.2 Å². The summed E-state index contributed by atoms with van der Waals surface area (Å²) in [5.41, 5.74) is 4.16. The van der Waals surface area contributed by atoms with E-state index < -0.39 is 0 Å². The Labute approximate surface area is 128 Å². The van der Waals surface area contributed by atoms with E-state index in [1.54, 1.807) is 25.5 Å². The molecule has 2 rings (SSSR count). The molecule has 0 unspecified atom stereocenters. The highest BCUT2D eigenvalue weighted by atomic mass is 35.5. The van der Waals surface area contributed by atoms with Crippen LogP contribution in [0.15, 0.2) is 53.6 Å². The lowest BCUT2D eigenvalue weighted by Gasteiger charge is -2.03. The summed E-state index contributed by atoms with van der Waals surface area (Å²) in [6.45, 7) is 0. The molecule has 2 aromatic carbocycles. The minimum Gasteiger partial charge on any atom is -0.496 e. The molecule has 0 radical (unpaired) electrons. The van der Waals surface area contributed by atoms with Gasteiger partial charge < -0.3 is 4.74 Å². The summed E-state index contributed by atoms with van der Waals surface area (Å²) in [6.07, 6.45) is 1.80. The van der Waals surface area contributed by atoms with Crippen molar-refractivity contribution < 1.29 is 9.53 Å². The predicted molar refractivity (Wildman–Crippen MR) is 83.9 cm³/mol. The molecule has 0 aliphatic rings. The fraction of sp³-hybridized carbons (Fsp3) is 0.125. The van der Waals surface area contributed by atoms with E-state index in [-0.39, 0.29) is 12.3 Å². The van der Waals surface area contributed by atoms with E-state index in [1.165, 1.54) is 0 Å². The molecule has 0 aliphatic carbocycles. The van der Waals surface area contributed by atoms with Crippen molar-refractivity contribution >= 4 is 23.7 Å². The molecule has 0 bridgehead atoms. The number of rotatable bonds is 5. The Morgan fingerprint density at radius 1 is 1.24 bits per heavy atom. The van der Waals surface area contributed by atoms with Gasteiger partial charge >= 0.3 is 0 Å². The monoisotopic (exact) mass is 302 g/mol. The van der Waals surface area contributed by atoms with Crippen molar-refractivity contribution in [2.24, 2.45) is 5.10 Å². The van der Waals surface area contributed by atoms with E-state index in [4.69, 9.17) is 16.3 Å². The fourth-order valence-corrected chi connectivity index (χ4v) is 1.90. The third-order valence-corrected chi connectivity index (χ3v) is 3.06. The molecular formula is C16H15ClN2O2. The van der Waals surface area contributed by atoms with Crippen molar-refractivity contribution in [2.45, 2.75) is 6.42 Å². The summed E-state index contributed by atoms with van der Waals surface area (Å²) in [4.78, 5) is 11.8. The largest absolute Gasteiger partial charge is 0.496 e. The van der Waals surface area contributed by atoms with Crippen LogP contribution in [-0.2, 0) is 11.2 Å². The molecule has 0 aromatic heterocycles. The molecule has 0 atom stereocenters. The molecule has 0 aliphatic heterocycles. The molecule has 0 spiro atoms. The van der Waals surface area contributed by atoms with E-state index >= 15 is 0 Å². The summed E-state index contributed by atoms with van der Waals surface area (Å²) >= 11 is 5.79. The lowest BCUT2D eigenvalue weighted by atomic mass is 10.1. The average Bonchev–Trinajstić information content (AvgIpc) is 2.50. The second-order valence-corrected chi connectivity index (χ2v) is 4.77. The fourth-order valence-electron chi connectivity index (χ4n) is 1.77. The first-order chi connectivity index (χ1) is 10.2. The topological polar surface area (TPSA) is 50.7 Å². The van der Waals surface area contributed by atoms with E-state index in [0.717, 1.165) is 11.1 Å². The van der Waals surface area contributed by atoms with Gasteiger partial charge in [0, 0.05) is 10.6 Å². The van der Waals surface area contributed by atoms with Crippen LogP contribution in [0, 0.1) is 0 Å². The van der Waals surface area contributed by atoms with Crippen molar-refractivity contribution in [3.63, 3.8) is 0 Å². The number of carbonyl (C=O) groups is 1. The summed E-state index contributed by atoms with van der Waals surface area (Å²) in [5.74, 6) is 0.511. The number of hydrogen-bond acceptors (Lipinski definition) is 3. The number of nitrogens with zero attached hydrogens (tertiary/aromatic N) is 1. The third-order valence-electron chi connectivity index (χ3n) is 2.81. The summed E-state index contributed by atoms with van der Waals surface area (Å²) < 4.78 is 5.19. The predicted octanol–water partition coefficient (Wildman–Crippen LogP) is 3.04. The van der Waals surface area contributed by atoms with Crippen LogP contribution in [0.25, 0.3) is 0 Å². The number of nitrogens with one attached hydrogen (secondary N) is 1. The van der Waals surface area contributed by atoms with E-state index in [0.29, 0.717) is 10.8 Å². The van der Waals surface area contributed by atoms with E-state index in [9.17, 15) is 4.79 Å². The Hall–Kier alpha value is -2.33. The van der Waals surface area contributed by atoms with Crippen LogP contribution in [0.3, 0.4) is 0 Å². The molecule has 108 valence electrons. The number of benzene rings is 2. The lowest BCUT2D eigenvalue weighted by Crippen LogP contribution is -2.19. The first-order valence-corrected chi connectivity index (χ1v) is 6.76. The van der Waals surface area contributed by atoms with Gasteiger partial charge in [-0.3, -0.25) is 4.79 Å². The molecule has 21 heavy (non-hydrogen) atoms. The zero-order chi connectivity index (χ0) is 15.1. The second kappa shape index (κ2) is 7.45. The Balaban J connectivity index is 1.91. The lowest BCUT2D eigenvalue weighted by molar-refractivity contribution is -0.120. The highest BCUT2D eigenvalue weighted by molar-refractivity contribution is 6.30. The zero-order valence-corrected chi connectivity index (χ0v) is 12.3. The molecule has 1 amide bonds.